The molecule has 0 radical (unpaired) electrons. The second kappa shape index (κ2) is 11.2. The van der Waals surface area contributed by atoms with Crippen LogP contribution in [0.5, 0.6) is 5.75 Å². The van der Waals surface area contributed by atoms with Crippen molar-refractivity contribution in [2.45, 2.75) is 64.1 Å². The predicted molar refractivity (Wildman–Crippen MR) is 124 cm³/mol. The second-order valence-electron chi connectivity index (χ2n) is 7.81. The van der Waals surface area contributed by atoms with E-state index in [1.54, 1.807) is 23.6 Å². The van der Waals surface area contributed by atoms with Gasteiger partial charge in [0.25, 0.3) is 0 Å². The van der Waals surface area contributed by atoms with Crippen LogP contribution in [0, 0.1) is 5.92 Å². The average Bonchev–Trinajstić information content (AvgIpc) is 3.35. The molecular formula is C23H32N4O3S. The fourth-order valence-electron chi connectivity index (χ4n) is 3.78. The molecule has 0 bridgehead atoms. The number of nitrogens with zero attached hydrogens (tertiary/aromatic N) is 2. The summed E-state index contributed by atoms with van der Waals surface area (Å²) in [5.41, 5.74) is 3.00. The third-order valence-electron chi connectivity index (χ3n) is 5.45. The van der Waals surface area contributed by atoms with E-state index in [1.165, 1.54) is 0 Å². The van der Waals surface area contributed by atoms with E-state index >= 15 is 0 Å². The van der Waals surface area contributed by atoms with E-state index in [1.807, 2.05) is 24.3 Å². The van der Waals surface area contributed by atoms with E-state index in [0.29, 0.717) is 12.4 Å². The van der Waals surface area contributed by atoms with E-state index in [0.717, 1.165) is 59.8 Å². The molecule has 1 aromatic heterocycles. The first-order valence-corrected chi connectivity index (χ1v) is 12.1. The molecule has 8 heteroatoms. The molecule has 1 aliphatic rings. The number of carbonyl (C=O) groups is 2. The highest BCUT2D eigenvalue weighted by Gasteiger charge is 2.26. The van der Waals surface area contributed by atoms with Crippen LogP contribution in [0.25, 0.3) is 0 Å². The zero-order chi connectivity index (χ0) is 22.2. The molecule has 7 nitrogen and oxygen atoms in total. The van der Waals surface area contributed by atoms with Gasteiger partial charge in [-0.1, -0.05) is 38.8 Å². The Kier molecular flexibility index (Phi) is 8.40. The Morgan fingerprint density at radius 2 is 1.87 bits per heavy atom. The summed E-state index contributed by atoms with van der Waals surface area (Å²) in [6, 6.07) is 7.58. The number of benzene rings is 1. The van der Waals surface area contributed by atoms with Gasteiger partial charge in [-0.3, -0.25) is 9.59 Å². The molecule has 31 heavy (non-hydrogen) atoms. The highest BCUT2D eigenvalue weighted by molar-refractivity contribution is 7.98. The SMILES string of the molecule is CCCC(CCC)C(=O)Nc1c2c(nn1CC(=O)NCc1ccc(OC)cc1)CSC2. The molecule has 0 fully saturated rings. The first-order valence-electron chi connectivity index (χ1n) is 10.9. The maximum Gasteiger partial charge on any atom is 0.242 e. The van der Waals surface area contributed by atoms with Crippen molar-refractivity contribution in [2.24, 2.45) is 5.92 Å². The molecular weight excluding hydrogens is 412 g/mol. The number of thioether (sulfide) groups is 1. The zero-order valence-electron chi connectivity index (χ0n) is 18.6. The number of hydrogen-bond acceptors (Lipinski definition) is 5. The fraction of sp³-hybridized carbons (Fsp3) is 0.522. The van der Waals surface area contributed by atoms with Gasteiger partial charge in [-0.05, 0) is 30.5 Å². The summed E-state index contributed by atoms with van der Waals surface area (Å²) in [5.74, 6) is 2.97. The van der Waals surface area contributed by atoms with Crippen molar-refractivity contribution in [3.63, 3.8) is 0 Å². The standard InChI is InChI=1S/C23H32N4O3S/c1-4-6-17(7-5-2)23(29)25-22-19-14-31-15-20(19)26-27(22)13-21(28)24-12-16-8-10-18(30-3)11-9-16/h8-11,17H,4-7,12-15H2,1-3H3,(H,24,28)(H,25,29). The molecule has 2 amide bonds. The lowest BCUT2D eigenvalue weighted by Crippen LogP contribution is -2.30. The van der Waals surface area contributed by atoms with Crippen LogP contribution < -0.4 is 15.4 Å². The number of ether oxygens (including phenoxy) is 1. The van der Waals surface area contributed by atoms with Crippen LogP contribution in [0.15, 0.2) is 24.3 Å². The van der Waals surface area contributed by atoms with Crippen LogP contribution in [0.1, 0.15) is 56.4 Å². The number of anilines is 1. The summed E-state index contributed by atoms with van der Waals surface area (Å²) < 4.78 is 6.81. The maximum absolute atomic E-state index is 12.9. The van der Waals surface area contributed by atoms with Gasteiger partial charge in [0.2, 0.25) is 11.8 Å². The number of carbonyl (C=O) groups excluding carboxylic acids is 2. The van der Waals surface area contributed by atoms with Crippen molar-refractivity contribution in [2.75, 3.05) is 12.4 Å². The Hall–Kier alpha value is -2.48. The van der Waals surface area contributed by atoms with Crippen LogP contribution in [-0.2, 0) is 34.2 Å². The predicted octanol–water partition coefficient (Wildman–Crippen LogP) is 4.11. The highest BCUT2D eigenvalue weighted by Crippen LogP contribution is 2.35. The smallest absolute Gasteiger partial charge is 0.242 e. The number of rotatable bonds is 11. The van der Waals surface area contributed by atoms with E-state index in [9.17, 15) is 9.59 Å². The number of hydrogen-bond donors (Lipinski definition) is 2. The van der Waals surface area contributed by atoms with Gasteiger partial charge >= 0.3 is 0 Å². The van der Waals surface area contributed by atoms with Gasteiger partial charge in [-0.25, -0.2) is 4.68 Å². The molecule has 2 aromatic rings. The topological polar surface area (TPSA) is 85.2 Å². The average molecular weight is 445 g/mol. The van der Waals surface area contributed by atoms with Crippen LogP contribution in [0.3, 0.4) is 0 Å². The highest BCUT2D eigenvalue weighted by atomic mass is 32.2. The summed E-state index contributed by atoms with van der Waals surface area (Å²) in [4.78, 5) is 25.5. The molecule has 1 aromatic carbocycles. The maximum atomic E-state index is 12.9. The third-order valence-corrected chi connectivity index (χ3v) is 6.42. The van der Waals surface area contributed by atoms with Gasteiger partial charge in [0.15, 0.2) is 0 Å². The molecule has 0 spiro atoms. The zero-order valence-corrected chi connectivity index (χ0v) is 19.4. The minimum absolute atomic E-state index is 0.00745. The van der Waals surface area contributed by atoms with Crippen molar-refractivity contribution in [1.82, 2.24) is 15.1 Å². The summed E-state index contributed by atoms with van der Waals surface area (Å²) >= 11 is 1.78. The minimum Gasteiger partial charge on any atom is -0.497 e. The summed E-state index contributed by atoms with van der Waals surface area (Å²) in [5, 5.41) is 10.7. The van der Waals surface area contributed by atoms with E-state index in [-0.39, 0.29) is 24.3 Å². The van der Waals surface area contributed by atoms with Crippen molar-refractivity contribution in [1.29, 1.82) is 0 Å². The fourth-order valence-corrected chi connectivity index (χ4v) is 4.81. The lowest BCUT2D eigenvalue weighted by molar-refractivity contribution is -0.122. The van der Waals surface area contributed by atoms with Gasteiger partial charge < -0.3 is 15.4 Å². The van der Waals surface area contributed by atoms with Crippen LogP contribution >= 0.6 is 11.8 Å². The molecule has 1 aliphatic heterocycles. The van der Waals surface area contributed by atoms with E-state index in [2.05, 4.69) is 29.6 Å². The van der Waals surface area contributed by atoms with Crippen molar-refractivity contribution in [3.8, 4) is 5.75 Å². The quantitative estimate of drug-likeness (QED) is 0.545. The Labute approximate surface area is 188 Å². The van der Waals surface area contributed by atoms with Crippen LogP contribution in [-0.4, -0.2) is 28.7 Å². The summed E-state index contributed by atoms with van der Waals surface area (Å²) in [6.07, 6.45) is 3.68. The van der Waals surface area contributed by atoms with Gasteiger partial charge in [0, 0.05) is 29.5 Å². The minimum atomic E-state index is -0.140. The number of fused-ring (bicyclic) bond motifs is 1. The molecule has 0 saturated heterocycles. The Bertz CT molecular complexity index is 889. The first kappa shape index (κ1) is 23.2. The first-order chi connectivity index (χ1) is 15.0. The lowest BCUT2D eigenvalue weighted by Gasteiger charge is -2.17. The normalized spacial score (nSPS) is 12.6. The van der Waals surface area contributed by atoms with Gasteiger partial charge in [0.05, 0.1) is 12.8 Å². The van der Waals surface area contributed by atoms with E-state index in [4.69, 9.17) is 4.74 Å². The van der Waals surface area contributed by atoms with Crippen molar-refractivity contribution >= 4 is 29.4 Å². The molecule has 3 rings (SSSR count). The molecule has 2 N–H and O–H groups in total. The van der Waals surface area contributed by atoms with Gasteiger partial charge in [0.1, 0.15) is 18.1 Å². The molecule has 0 saturated carbocycles. The van der Waals surface area contributed by atoms with Crippen molar-refractivity contribution < 1.29 is 14.3 Å². The van der Waals surface area contributed by atoms with Crippen LogP contribution in [0.2, 0.25) is 0 Å². The van der Waals surface area contributed by atoms with E-state index < -0.39 is 0 Å². The molecule has 2 heterocycles. The molecule has 0 atom stereocenters. The van der Waals surface area contributed by atoms with Gasteiger partial charge in [-0.15, -0.1) is 0 Å². The third kappa shape index (κ3) is 6.03. The van der Waals surface area contributed by atoms with Crippen LogP contribution in [0.4, 0.5) is 5.82 Å². The largest absolute Gasteiger partial charge is 0.497 e. The Balaban J connectivity index is 1.66. The number of nitrogens with one attached hydrogen (secondary N) is 2. The Morgan fingerprint density at radius 1 is 1.16 bits per heavy atom. The number of amides is 2. The van der Waals surface area contributed by atoms with Gasteiger partial charge in [-0.2, -0.15) is 16.9 Å². The Morgan fingerprint density at radius 3 is 2.52 bits per heavy atom. The van der Waals surface area contributed by atoms with Crippen molar-refractivity contribution in [3.05, 3.63) is 41.1 Å². The molecule has 168 valence electrons. The summed E-state index contributed by atoms with van der Waals surface area (Å²) in [7, 11) is 1.62. The molecule has 0 aliphatic carbocycles. The monoisotopic (exact) mass is 444 g/mol. The molecule has 0 unspecified atom stereocenters. The number of aromatic nitrogens is 2. The number of methoxy groups -OCH3 is 1. The summed E-state index contributed by atoms with van der Waals surface area (Å²) in [6.45, 7) is 4.70. The lowest BCUT2D eigenvalue weighted by atomic mass is 9.97. The second-order valence-corrected chi connectivity index (χ2v) is 8.80.